The third-order valence-electron chi connectivity index (χ3n) is 6.33. The Kier molecular flexibility index (Phi) is 9.83. The first kappa shape index (κ1) is 28.7. The van der Waals surface area contributed by atoms with Crippen LogP contribution in [0, 0.1) is 0 Å². The van der Waals surface area contributed by atoms with E-state index in [0.717, 1.165) is 11.1 Å². The molecule has 0 spiro atoms. The number of aliphatic hydroxyl groups excluding tert-OH is 1. The lowest BCUT2D eigenvalue weighted by molar-refractivity contribution is -0.0467. The molecular formula is C32H32F2N2O4. The molecule has 0 saturated carbocycles. The van der Waals surface area contributed by atoms with Crippen LogP contribution in [0.15, 0.2) is 103 Å². The zero-order chi connectivity index (χ0) is 28.4. The van der Waals surface area contributed by atoms with Gasteiger partial charge in [-0.1, -0.05) is 78.9 Å². The predicted octanol–water partition coefficient (Wildman–Crippen LogP) is 5.40. The van der Waals surface area contributed by atoms with Gasteiger partial charge < -0.3 is 25.6 Å². The SMILES string of the molecule is NC(=O)c1cc([C@H](O)CNCCc2cccc(OCC(F)(F)c3ccccc3)c2)ccc1OCc1ccccc1. The number of hydrogen-bond donors (Lipinski definition) is 3. The number of aliphatic hydroxyl groups is 1. The van der Waals surface area contributed by atoms with Crippen molar-refractivity contribution in [1.29, 1.82) is 0 Å². The molecule has 0 fully saturated rings. The fraction of sp³-hybridized carbons (Fsp3) is 0.219. The van der Waals surface area contributed by atoms with Gasteiger partial charge in [-0.25, -0.2) is 0 Å². The van der Waals surface area contributed by atoms with Gasteiger partial charge in [-0.05, 0) is 53.9 Å². The molecule has 0 aromatic heterocycles. The number of nitrogens with two attached hydrogens (primary N) is 1. The Balaban J connectivity index is 1.26. The Labute approximate surface area is 232 Å². The van der Waals surface area contributed by atoms with Gasteiger partial charge in [0.05, 0.1) is 11.7 Å². The summed E-state index contributed by atoms with van der Waals surface area (Å²) in [7, 11) is 0. The molecule has 4 aromatic rings. The molecule has 0 saturated heterocycles. The van der Waals surface area contributed by atoms with Crippen LogP contribution in [0.25, 0.3) is 0 Å². The van der Waals surface area contributed by atoms with Crippen LogP contribution in [0.5, 0.6) is 11.5 Å². The highest BCUT2D eigenvalue weighted by Gasteiger charge is 2.32. The second-order valence-corrected chi connectivity index (χ2v) is 9.37. The predicted molar refractivity (Wildman–Crippen MR) is 150 cm³/mol. The van der Waals surface area contributed by atoms with Gasteiger partial charge in [-0.3, -0.25) is 4.79 Å². The highest BCUT2D eigenvalue weighted by atomic mass is 19.3. The van der Waals surface area contributed by atoms with E-state index in [9.17, 15) is 18.7 Å². The maximum Gasteiger partial charge on any atom is 0.306 e. The van der Waals surface area contributed by atoms with Gasteiger partial charge in [0.25, 0.3) is 5.91 Å². The van der Waals surface area contributed by atoms with Crippen molar-refractivity contribution in [3.8, 4) is 11.5 Å². The molecule has 40 heavy (non-hydrogen) atoms. The molecule has 0 aliphatic carbocycles. The average Bonchev–Trinajstić information content (AvgIpc) is 2.98. The number of primary amides is 1. The van der Waals surface area contributed by atoms with Gasteiger partial charge in [0.15, 0.2) is 6.61 Å². The zero-order valence-electron chi connectivity index (χ0n) is 21.9. The van der Waals surface area contributed by atoms with Crippen molar-refractivity contribution in [3.63, 3.8) is 0 Å². The molecule has 6 nitrogen and oxygen atoms in total. The lowest BCUT2D eigenvalue weighted by Gasteiger charge is -2.18. The van der Waals surface area contributed by atoms with Crippen LogP contribution < -0.4 is 20.5 Å². The number of halogens is 2. The summed E-state index contributed by atoms with van der Waals surface area (Å²) >= 11 is 0. The van der Waals surface area contributed by atoms with Gasteiger partial charge in [-0.2, -0.15) is 8.78 Å². The molecule has 0 radical (unpaired) electrons. The summed E-state index contributed by atoms with van der Waals surface area (Å²) < 4.78 is 40.0. The van der Waals surface area contributed by atoms with Crippen LogP contribution in [0.1, 0.15) is 38.7 Å². The van der Waals surface area contributed by atoms with E-state index in [2.05, 4.69) is 5.32 Å². The Morgan fingerprint density at radius 3 is 2.30 bits per heavy atom. The van der Waals surface area contributed by atoms with Crippen LogP contribution >= 0.6 is 0 Å². The number of alkyl halides is 2. The average molecular weight is 547 g/mol. The minimum atomic E-state index is -3.10. The molecular weight excluding hydrogens is 514 g/mol. The summed E-state index contributed by atoms with van der Waals surface area (Å²) in [6.45, 7) is 0.296. The summed E-state index contributed by atoms with van der Waals surface area (Å²) in [5.41, 5.74) is 8.05. The summed E-state index contributed by atoms with van der Waals surface area (Å²) in [5.74, 6) is -3.03. The second-order valence-electron chi connectivity index (χ2n) is 9.37. The number of rotatable bonds is 14. The lowest BCUT2D eigenvalue weighted by atomic mass is 10.0. The quantitative estimate of drug-likeness (QED) is 0.184. The number of carbonyl (C=O) groups is 1. The third kappa shape index (κ3) is 8.11. The molecule has 4 rings (SSSR count). The number of hydrogen-bond acceptors (Lipinski definition) is 5. The molecule has 1 amide bonds. The monoisotopic (exact) mass is 546 g/mol. The van der Waals surface area contributed by atoms with Gasteiger partial charge >= 0.3 is 5.92 Å². The Bertz CT molecular complexity index is 1380. The number of ether oxygens (including phenoxy) is 2. The van der Waals surface area contributed by atoms with Crippen LogP contribution in [-0.2, 0) is 19.0 Å². The second kappa shape index (κ2) is 13.7. The smallest absolute Gasteiger partial charge is 0.306 e. The van der Waals surface area contributed by atoms with E-state index in [4.69, 9.17) is 15.2 Å². The molecule has 8 heteroatoms. The summed E-state index contributed by atoms with van der Waals surface area (Å²) in [4.78, 5) is 12.0. The maximum absolute atomic E-state index is 14.4. The van der Waals surface area contributed by atoms with E-state index >= 15 is 0 Å². The third-order valence-corrected chi connectivity index (χ3v) is 6.33. The summed E-state index contributed by atoms with van der Waals surface area (Å²) in [5, 5.41) is 13.8. The molecule has 0 aliphatic rings. The van der Waals surface area contributed by atoms with Crippen LogP contribution in [0.3, 0.4) is 0 Å². The number of carbonyl (C=O) groups excluding carboxylic acids is 1. The van der Waals surface area contributed by atoms with Crippen molar-refractivity contribution in [2.24, 2.45) is 5.73 Å². The van der Waals surface area contributed by atoms with Gasteiger partial charge in [0, 0.05) is 12.1 Å². The minimum Gasteiger partial charge on any atom is -0.488 e. The molecule has 0 aliphatic heterocycles. The highest BCUT2D eigenvalue weighted by Crippen LogP contribution is 2.29. The zero-order valence-corrected chi connectivity index (χ0v) is 21.9. The van der Waals surface area contributed by atoms with E-state index in [1.54, 1.807) is 54.6 Å². The van der Waals surface area contributed by atoms with Gasteiger partial charge in [0.2, 0.25) is 0 Å². The van der Waals surface area contributed by atoms with Gasteiger partial charge in [0.1, 0.15) is 18.1 Å². The molecule has 4 aromatic carbocycles. The lowest BCUT2D eigenvalue weighted by Crippen LogP contribution is -2.24. The summed E-state index contributed by atoms with van der Waals surface area (Å²) in [6, 6.07) is 29.0. The molecule has 0 bridgehead atoms. The molecule has 0 heterocycles. The highest BCUT2D eigenvalue weighted by molar-refractivity contribution is 5.95. The maximum atomic E-state index is 14.4. The van der Waals surface area contributed by atoms with Crippen molar-refractivity contribution >= 4 is 5.91 Å². The van der Waals surface area contributed by atoms with Gasteiger partial charge in [-0.15, -0.1) is 0 Å². The standard InChI is InChI=1S/C32H32F2N2O4/c33-32(34,26-11-5-2-6-12-26)22-40-27-13-7-10-23(18-27)16-17-36-20-29(37)25-14-15-30(28(19-25)31(35)38)39-21-24-8-3-1-4-9-24/h1-15,18-19,29,36-37H,16-17,20-22H2,(H2,35,38)/t29-/m1/s1. The fourth-order valence-electron chi connectivity index (χ4n) is 4.13. The van der Waals surface area contributed by atoms with E-state index in [1.165, 1.54) is 12.1 Å². The van der Waals surface area contributed by atoms with Crippen LogP contribution in [-0.4, -0.2) is 30.7 Å². The minimum absolute atomic E-state index is 0.0915. The van der Waals surface area contributed by atoms with Crippen molar-refractivity contribution in [2.75, 3.05) is 19.7 Å². The Morgan fingerprint density at radius 2 is 1.57 bits per heavy atom. The van der Waals surface area contributed by atoms with E-state index in [0.29, 0.717) is 30.0 Å². The summed E-state index contributed by atoms with van der Waals surface area (Å²) in [6.07, 6.45) is -0.284. The van der Waals surface area contributed by atoms with Crippen LogP contribution in [0.2, 0.25) is 0 Å². The first-order valence-electron chi connectivity index (χ1n) is 13.0. The van der Waals surface area contributed by atoms with Crippen LogP contribution in [0.4, 0.5) is 8.78 Å². The Morgan fingerprint density at radius 1 is 0.875 bits per heavy atom. The molecule has 4 N–H and O–H groups in total. The van der Waals surface area contributed by atoms with E-state index < -0.39 is 24.5 Å². The molecule has 0 unspecified atom stereocenters. The Hall–Kier alpha value is -4.27. The van der Waals surface area contributed by atoms with Crippen molar-refractivity contribution < 1.29 is 28.2 Å². The largest absolute Gasteiger partial charge is 0.488 e. The molecule has 1 atom stereocenters. The van der Waals surface area contributed by atoms with E-state index in [-0.39, 0.29) is 24.3 Å². The fourth-order valence-corrected chi connectivity index (χ4v) is 4.13. The van der Waals surface area contributed by atoms with Crippen molar-refractivity contribution in [3.05, 3.63) is 131 Å². The van der Waals surface area contributed by atoms with Crippen molar-refractivity contribution in [2.45, 2.75) is 25.1 Å². The topological polar surface area (TPSA) is 93.8 Å². The normalized spacial score (nSPS) is 12.1. The molecule has 208 valence electrons. The number of benzene rings is 4. The number of amides is 1. The first-order chi connectivity index (χ1) is 19.3. The van der Waals surface area contributed by atoms with Crippen molar-refractivity contribution in [1.82, 2.24) is 5.32 Å². The van der Waals surface area contributed by atoms with E-state index in [1.807, 2.05) is 36.4 Å². The first-order valence-corrected chi connectivity index (χ1v) is 13.0. The number of nitrogens with one attached hydrogen (secondary N) is 1.